The van der Waals surface area contributed by atoms with Crippen LogP contribution in [0.3, 0.4) is 0 Å². The van der Waals surface area contributed by atoms with Crippen LogP contribution >= 0.6 is 0 Å². The zero-order chi connectivity index (χ0) is 14.5. The van der Waals surface area contributed by atoms with Gasteiger partial charge in [0.2, 0.25) is 5.91 Å². The lowest BCUT2D eigenvalue weighted by molar-refractivity contribution is -0.114. The number of anilines is 2. The third kappa shape index (κ3) is 3.78. The molecule has 2 N–H and O–H groups in total. The van der Waals surface area contributed by atoms with Crippen molar-refractivity contribution < 1.29 is 13.6 Å². The van der Waals surface area contributed by atoms with Crippen LogP contribution in [0.4, 0.5) is 20.2 Å². The van der Waals surface area contributed by atoms with Gasteiger partial charge < -0.3 is 10.6 Å². The molecule has 5 heteroatoms. The van der Waals surface area contributed by atoms with E-state index < -0.39 is 17.5 Å². The molecule has 0 bridgehead atoms. The Morgan fingerprint density at radius 3 is 2.65 bits per heavy atom. The Kier molecular flexibility index (Phi) is 4.30. The quantitative estimate of drug-likeness (QED) is 0.899. The lowest BCUT2D eigenvalue weighted by Crippen LogP contribution is -2.22. The van der Waals surface area contributed by atoms with Crippen LogP contribution in [0.1, 0.15) is 5.56 Å². The average Bonchev–Trinajstić information content (AvgIpc) is 2.40. The molecule has 0 heterocycles. The van der Waals surface area contributed by atoms with Crippen LogP contribution in [0.15, 0.2) is 42.5 Å². The molecule has 0 radical (unpaired) electrons. The molecule has 104 valence electrons. The van der Waals surface area contributed by atoms with E-state index in [1.807, 2.05) is 31.2 Å². The molecule has 0 aliphatic heterocycles. The van der Waals surface area contributed by atoms with Gasteiger partial charge in [0.25, 0.3) is 0 Å². The van der Waals surface area contributed by atoms with Crippen LogP contribution in [-0.2, 0) is 4.79 Å². The van der Waals surface area contributed by atoms with E-state index in [0.29, 0.717) is 0 Å². The van der Waals surface area contributed by atoms with Gasteiger partial charge in [-0.2, -0.15) is 0 Å². The maximum absolute atomic E-state index is 13.4. The number of hydrogen-bond donors (Lipinski definition) is 2. The highest BCUT2D eigenvalue weighted by Gasteiger charge is 2.07. The molecular formula is C15H14F2N2O. The summed E-state index contributed by atoms with van der Waals surface area (Å²) in [6.45, 7) is 1.94. The SMILES string of the molecule is Cc1cccc(NCC(=O)Nc2ccc(F)cc2F)c1. The summed E-state index contributed by atoms with van der Waals surface area (Å²) in [5.74, 6) is -1.88. The Morgan fingerprint density at radius 2 is 1.95 bits per heavy atom. The number of rotatable bonds is 4. The van der Waals surface area contributed by atoms with Crippen molar-refractivity contribution in [2.75, 3.05) is 17.2 Å². The highest BCUT2D eigenvalue weighted by Crippen LogP contribution is 2.15. The van der Waals surface area contributed by atoms with E-state index in [9.17, 15) is 13.6 Å². The van der Waals surface area contributed by atoms with Gasteiger partial charge in [-0.3, -0.25) is 4.79 Å². The zero-order valence-corrected chi connectivity index (χ0v) is 10.9. The molecule has 2 aromatic rings. The molecule has 0 saturated carbocycles. The summed E-state index contributed by atoms with van der Waals surface area (Å²) in [6, 6.07) is 10.5. The van der Waals surface area contributed by atoms with Crippen molar-refractivity contribution in [3.63, 3.8) is 0 Å². The van der Waals surface area contributed by atoms with Crippen molar-refractivity contribution in [2.24, 2.45) is 0 Å². The van der Waals surface area contributed by atoms with Gasteiger partial charge >= 0.3 is 0 Å². The molecule has 0 spiro atoms. The second-order valence-electron chi connectivity index (χ2n) is 4.40. The topological polar surface area (TPSA) is 41.1 Å². The monoisotopic (exact) mass is 276 g/mol. The number of aryl methyl sites for hydroxylation is 1. The van der Waals surface area contributed by atoms with E-state index in [1.165, 1.54) is 6.07 Å². The lowest BCUT2D eigenvalue weighted by Gasteiger charge is -2.09. The third-order valence-electron chi connectivity index (χ3n) is 2.68. The van der Waals surface area contributed by atoms with Crippen molar-refractivity contribution in [1.29, 1.82) is 0 Å². The molecule has 0 aliphatic carbocycles. The number of carbonyl (C=O) groups excluding carboxylic acids is 1. The van der Waals surface area contributed by atoms with Crippen LogP contribution in [0.2, 0.25) is 0 Å². The van der Waals surface area contributed by atoms with Crippen LogP contribution in [-0.4, -0.2) is 12.5 Å². The third-order valence-corrected chi connectivity index (χ3v) is 2.68. The van der Waals surface area contributed by atoms with Gasteiger partial charge in [0.1, 0.15) is 11.6 Å². The van der Waals surface area contributed by atoms with E-state index in [2.05, 4.69) is 10.6 Å². The minimum atomic E-state index is -0.797. The first-order valence-corrected chi connectivity index (χ1v) is 6.10. The van der Waals surface area contributed by atoms with E-state index >= 15 is 0 Å². The second-order valence-corrected chi connectivity index (χ2v) is 4.40. The van der Waals surface area contributed by atoms with Gasteiger partial charge in [-0.25, -0.2) is 8.78 Å². The molecule has 0 atom stereocenters. The maximum Gasteiger partial charge on any atom is 0.243 e. The van der Waals surface area contributed by atoms with E-state index in [-0.39, 0.29) is 12.2 Å². The minimum absolute atomic E-state index is 0.000268. The van der Waals surface area contributed by atoms with Crippen LogP contribution < -0.4 is 10.6 Å². The normalized spacial score (nSPS) is 10.2. The van der Waals surface area contributed by atoms with Gasteiger partial charge in [-0.05, 0) is 36.8 Å². The number of carbonyl (C=O) groups is 1. The minimum Gasteiger partial charge on any atom is -0.376 e. The van der Waals surface area contributed by atoms with Crippen LogP contribution in [0, 0.1) is 18.6 Å². The summed E-state index contributed by atoms with van der Waals surface area (Å²) in [7, 11) is 0. The zero-order valence-electron chi connectivity index (χ0n) is 10.9. The highest BCUT2D eigenvalue weighted by atomic mass is 19.1. The smallest absolute Gasteiger partial charge is 0.243 e. The number of benzene rings is 2. The number of nitrogens with one attached hydrogen (secondary N) is 2. The summed E-state index contributed by atoms with van der Waals surface area (Å²) in [5.41, 5.74) is 1.84. The Balaban J connectivity index is 1.92. The molecular weight excluding hydrogens is 262 g/mol. The van der Waals surface area contributed by atoms with Gasteiger partial charge in [-0.1, -0.05) is 12.1 Å². The number of hydrogen-bond acceptors (Lipinski definition) is 2. The fourth-order valence-electron chi connectivity index (χ4n) is 1.72. The van der Waals surface area contributed by atoms with Crippen molar-refractivity contribution in [3.05, 3.63) is 59.7 Å². The first-order valence-electron chi connectivity index (χ1n) is 6.10. The summed E-state index contributed by atoms with van der Waals surface area (Å²) >= 11 is 0. The van der Waals surface area contributed by atoms with Gasteiger partial charge in [0.05, 0.1) is 12.2 Å². The van der Waals surface area contributed by atoms with Crippen molar-refractivity contribution in [3.8, 4) is 0 Å². The Hall–Kier alpha value is -2.43. The molecule has 1 amide bonds. The number of amides is 1. The van der Waals surface area contributed by atoms with Gasteiger partial charge in [0, 0.05) is 11.8 Å². The van der Waals surface area contributed by atoms with E-state index in [4.69, 9.17) is 0 Å². The van der Waals surface area contributed by atoms with Gasteiger partial charge in [-0.15, -0.1) is 0 Å². The highest BCUT2D eigenvalue weighted by molar-refractivity contribution is 5.93. The Bertz CT molecular complexity index is 629. The molecule has 3 nitrogen and oxygen atoms in total. The van der Waals surface area contributed by atoms with Gasteiger partial charge in [0.15, 0.2) is 0 Å². The molecule has 0 aliphatic rings. The first-order chi connectivity index (χ1) is 9.54. The van der Waals surface area contributed by atoms with E-state index in [1.54, 1.807) is 0 Å². The first kappa shape index (κ1) is 14.0. The molecule has 20 heavy (non-hydrogen) atoms. The average molecular weight is 276 g/mol. The van der Waals surface area contributed by atoms with Crippen molar-refractivity contribution >= 4 is 17.3 Å². The summed E-state index contributed by atoms with van der Waals surface area (Å²) < 4.78 is 26.1. The van der Waals surface area contributed by atoms with E-state index in [0.717, 1.165) is 23.4 Å². The molecule has 0 fully saturated rings. The summed E-state index contributed by atoms with van der Waals surface area (Å²) in [4.78, 5) is 11.7. The standard InChI is InChI=1S/C15H14F2N2O/c1-10-3-2-4-12(7-10)18-9-15(20)19-14-6-5-11(16)8-13(14)17/h2-8,18H,9H2,1H3,(H,19,20). The molecule has 2 aromatic carbocycles. The summed E-state index contributed by atoms with van der Waals surface area (Å²) in [5, 5.41) is 5.31. The molecule has 0 aromatic heterocycles. The predicted octanol–water partition coefficient (Wildman–Crippen LogP) is 3.32. The Morgan fingerprint density at radius 1 is 1.15 bits per heavy atom. The molecule has 0 saturated heterocycles. The largest absolute Gasteiger partial charge is 0.376 e. The Labute approximate surface area is 115 Å². The number of halogens is 2. The van der Waals surface area contributed by atoms with Crippen molar-refractivity contribution in [2.45, 2.75) is 6.92 Å². The van der Waals surface area contributed by atoms with Crippen LogP contribution in [0.5, 0.6) is 0 Å². The lowest BCUT2D eigenvalue weighted by atomic mass is 10.2. The molecule has 2 rings (SSSR count). The van der Waals surface area contributed by atoms with Crippen molar-refractivity contribution in [1.82, 2.24) is 0 Å². The summed E-state index contributed by atoms with van der Waals surface area (Å²) in [6.07, 6.45) is 0. The molecule has 0 unspecified atom stereocenters. The second kappa shape index (κ2) is 6.14. The fourth-order valence-corrected chi connectivity index (χ4v) is 1.72. The van der Waals surface area contributed by atoms with Crippen LogP contribution in [0.25, 0.3) is 0 Å². The predicted molar refractivity (Wildman–Crippen MR) is 74.7 cm³/mol. The maximum atomic E-state index is 13.4. The fraction of sp³-hybridized carbons (Fsp3) is 0.133.